The molecule has 0 radical (unpaired) electrons. The van der Waals surface area contributed by atoms with Crippen LogP contribution in [0.25, 0.3) is 0 Å². The third-order valence-corrected chi connectivity index (χ3v) is 4.64. The second kappa shape index (κ2) is 5.22. The van der Waals surface area contributed by atoms with Gasteiger partial charge in [-0.3, -0.25) is 14.3 Å². The minimum Gasteiger partial charge on any atom is -0.336 e. The van der Waals surface area contributed by atoms with Gasteiger partial charge < -0.3 is 10.6 Å². The smallest absolute Gasteiger partial charge is 0.255 e. The summed E-state index contributed by atoms with van der Waals surface area (Å²) in [6, 6.07) is 5.05. The predicted molar refractivity (Wildman–Crippen MR) is 85.2 cm³/mol. The Morgan fingerprint density at radius 1 is 1.39 bits per heavy atom. The van der Waals surface area contributed by atoms with Gasteiger partial charge in [-0.05, 0) is 37.8 Å². The summed E-state index contributed by atoms with van der Waals surface area (Å²) in [7, 11) is 0. The summed E-state index contributed by atoms with van der Waals surface area (Å²) in [6.07, 6.45) is 4.63. The zero-order valence-corrected chi connectivity index (χ0v) is 12.9. The van der Waals surface area contributed by atoms with Crippen LogP contribution in [0.5, 0.6) is 0 Å². The Morgan fingerprint density at radius 3 is 3.13 bits per heavy atom. The van der Waals surface area contributed by atoms with Crippen LogP contribution >= 0.6 is 0 Å². The molecule has 4 rings (SSSR count). The Balaban J connectivity index is 1.63. The number of fused-ring (bicyclic) bond motifs is 2. The first-order chi connectivity index (χ1) is 11.1. The molecule has 6 nitrogen and oxygen atoms in total. The van der Waals surface area contributed by atoms with Crippen LogP contribution in [-0.2, 0) is 17.8 Å². The van der Waals surface area contributed by atoms with Gasteiger partial charge in [0.15, 0.2) is 0 Å². The van der Waals surface area contributed by atoms with E-state index in [1.807, 2.05) is 29.8 Å². The zero-order valence-electron chi connectivity index (χ0n) is 12.9. The van der Waals surface area contributed by atoms with Crippen LogP contribution < -0.4 is 10.6 Å². The molecule has 0 saturated heterocycles. The summed E-state index contributed by atoms with van der Waals surface area (Å²) in [5.41, 5.74) is 4.17. The Labute approximate surface area is 133 Å². The van der Waals surface area contributed by atoms with E-state index in [9.17, 15) is 9.59 Å². The number of hydrogen-bond donors (Lipinski definition) is 2. The molecule has 0 aliphatic carbocycles. The molecule has 2 N–H and O–H groups in total. The number of anilines is 1. The van der Waals surface area contributed by atoms with Gasteiger partial charge in [-0.25, -0.2) is 0 Å². The van der Waals surface area contributed by atoms with Crippen molar-refractivity contribution in [2.45, 2.75) is 38.8 Å². The lowest BCUT2D eigenvalue weighted by molar-refractivity contribution is -0.117. The summed E-state index contributed by atoms with van der Waals surface area (Å²) in [6.45, 7) is 2.80. The third kappa shape index (κ3) is 2.21. The maximum atomic E-state index is 12.7. The fourth-order valence-corrected chi connectivity index (χ4v) is 3.47. The van der Waals surface area contributed by atoms with Gasteiger partial charge in [0.2, 0.25) is 0 Å². The Kier molecular flexibility index (Phi) is 3.18. The average molecular weight is 310 g/mol. The quantitative estimate of drug-likeness (QED) is 0.890. The molecule has 118 valence electrons. The molecule has 1 aromatic heterocycles. The molecule has 1 aromatic carbocycles. The van der Waals surface area contributed by atoms with Gasteiger partial charge in [-0.2, -0.15) is 5.10 Å². The molecule has 0 saturated carbocycles. The maximum absolute atomic E-state index is 12.7. The molecule has 2 aliphatic heterocycles. The third-order valence-electron chi connectivity index (χ3n) is 4.64. The highest BCUT2D eigenvalue weighted by atomic mass is 16.2. The molecule has 23 heavy (non-hydrogen) atoms. The zero-order chi connectivity index (χ0) is 16.0. The van der Waals surface area contributed by atoms with Gasteiger partial charge in [0.05, 0.1) is 17.5 Å². The van der Waals surface area contributed by atoms with Crippen LogP contribution in [0.4, 0.5) is 5.69 Å². The molecule has 0 bridgehead atoms. The van der Waals surface area contributed by atoms with E-state index < -0.39 is 6.04 Å². The van der Waals surface area contributed by atoms with E-state index >= 15 is 0 Å². The van der Waals surface area contributed by atoms with Crippen LogP contribution in [0.2, 0.25) is 0 Å². The molecule has 2 aromatic rings. The van der Waals surface area contributed by atoms with Crippen molar-refractivity contribution in [2.75, 3.05) is 5.32 Å². The second-order valence-corrected chi connectivity index (χ2v) is 6.12. The molecule has 3 heterocycles. The summed E-state index contributed by atoms with van der Waals surface area (Å²) in [4.78, 5) is 24.9. The van der Waals surface area contributed by atoms with Gasteiger partial charge >= 0.3 is 0 Å². The van der Waals surface area contributed by atoms with Crippen LogP contribution in [-0.4, -0.2) is 21.6 Å². The minimum absolute atomic E-state index is 0.191. The van der Waals surface area contributed by atoms with Gasteiger partial charge in [0.1, 0.15) is 6.04 Å². The minimum atomic E-state index is -0.641. The highest BCUT2D eigenvalue weighted by molar-refractivity contribution is 6.06. The normalized spacial score (nSPS) is 19.0. The van der Waals surface area contributed by atoms with Crippen molar-refractivity contribution in [1.29, 1.82) is 0 Å². The fraction of sp³-hybridized carbons (Fsp3) is 0.353. The topological polar surface area (TPSA) is 76.0 Å². The van der Waals surface area contributed by atoms with Crippen LogP contribution in [0.15, 0.2) is 24.4 Å². The van der Waals surface area contributed by atoms with Crippen molar-refractivity contribution in [2.24, 2.45) is 0 Å². The van der Waals surface area contributed by atoms with Crippen LogP contribution in [0, 0.1) is 6.92 Å². The summed E-state index contributed by atoms with van der Waals surface area (Å²) < 4.78 is 1.90. The lowest BCUT2D eigenvalue weighted by atomic mass is 10.0. The first kappa shape index (κ1) is 14.0. The average Bonchev–Trinajstić information content (AvgIpc) is 3.10. The van der Waals surface area contributed by atoms with Crippen molar-refractivity contribution >= 4 is 17.5 Å². The van der Waals surface area contributed by atoms with E-state index in [4.69, 9.17) is 0 Å². The first-order valence-electron chi connectivity index (χ1n) is 7.91. The molecule has 1 atom stereocenters. The molecule has 0 unspecified atom stereocenters. The summed E-state index contributed by atoms with van der Waals surface area (Å²) in [5, 5.41) is 9.99. The molecular formula is C17H18N4O2. The van der Waals surface area contributed by atoms with E-state index in [0.717, 1.165) is 48.3 Å². The second-order valence-electron chi connectivity index (χ2n) is 6.12. The molecule has 0 fully saturated rings. The largest absolute Gasteiger partial charge is 0.336 e. The van der Waals surface area contributed by atoms with E-state index in [-0.39, 0.29) is 11.8 Å². The Bertz CT molecular complexity index is 809. The number of aryl methyl sites for hydroxylation is 2. The first-order valence-corrected chi connectivity index (χ1v) is 7.91. The molecule has 2 aliphatic rings. The number of carbonyl (C=O) groups excluding carboxylic acids is 2. The van der Waals surface area contributed by atoms with Gasteiger partial charge in [0.25, 0.3) is 11.8 Å². The summed E-state index contributed by atoms with van der Waals surface area (Å²) >= 11 is 0. The Morgan fingerprint density at radius 2 is 2.26 bits per heavy atom. The van der Waals surface area contributed by atoms with Crippen molar-refractivity contribution in [3.8, 4) is 0 Å². The van der Waals surface area contributed by atoms with Gasteiger partial charge in [-0.1, -0.05) is 12.1 Å². The maximum Gasteiger partial charge on any atom is 0.255 e. The number of aromatic nitrogens is 2. The van der Waals surface area contributed by atoms with Crippen LogP contribution in [0.3, 0.4) is 0 Å². The number of carbonyl (C=O) groups is 2. The standard InChI is InChI=1S/C17H18N4O2/c1-10-5-4-6-12-14(10)15(17(23)19-12)20-16(22)11-9-18-21-8-3-2-7-13(11)21/h4-6,9,15H,2-3,7-8H2,1H3,(H,19,23)(H,20,22)/t15-/m1/s1. The Hall–Kier alpha value is -2.63. The summed E-state index contributed by atoms with van der Waals surface area (Å²) in [5.74, 6) is -0.423. The monoisotopic (exact) mass is 310 g/mol. The SMILES string of the molecule is Cc1cccc2c1[C@@H](NC(=O)c1cnn3c1CCCC3)C(=O)N2. The highest BCUT2D eigenvalue weighted by Crippen LogP contribution is 2.33. The molecule has 2 amide bonds. The number of rotatable bonds is 2. The highest BCUT2D eigenvalue weighted by Gasteiger charge is 2.34. The van der Waals surface area contributed by atoms with Crippen molar-refractivity contribution in [3.05, 3.63) is 46.8 Å². The lowest BCUT2D eigenvalue weighted by Gasteiger charge is -2.16. The van der Waals surface area contributed by atoms with E-state index in [2.05, 4.69) is 15.7 Å². The van der Waals surface area contributed by atoms with Gasteiger partial charge in [0, 0.05) is 17.8 Å². The number of amides is 2. The molecule has 6 heteroatoms. The van der Waals surface area contributed by atoms with Crippen molar-refractivity contribution in [1.82, 2.24) is 15.1 Å². The van der Waals surface area contributed by atoms with E-state index in [1.54, 1.807) is 6.20 Å². The van der Waals surface area contributed by atoms with E-state index in [0.29, 0.717) is 5.56 Å². The van der Waals surface area contributed by atoms with Crippen molar-refractivity contribution < 1.29 is 9.59 Å². The number of nitrogens with zero attached hydrogens (tertiary/aromatic N) is 2. The van der Waals surface area contributed by atoms with Gasteiger partial charge in [-0.15, -0.1) is 0 Å². The predicted octanol–water partition coefficient (Wildman–Crippen LogP) is 1.95. The molecular weight excluding hydrogens is 292 g/mol. The molecule has 0 spiro atoms. The number of hydrogen-bond acceptors (Lipinski definition) is 3. The number of nitrogens with one attached hydrogen (secondary N) is 2. The fourth-order valence-electron chi connectivity index (χ4n) is 3.47. The van der Waals surface area contributed by atoms with Crippen LogP contribution in [0.1, 0.15) is 46.1 Å². The van der Waals surface area contributed by atoms with E-state index in [1.165, 1.54) is 0 Å². The van der Waals surface area contributed by atoms with Crippen molar-refractivity contribution in [3.63, 3.8) is 0 Å². The lowest BCUT2D eigenvalue weighted by Crippen LogP contribution is -2.33. The number of benzene rings is 1.